The number of hydrazone groups is 1. The van der Waals surface area contributed by atoms with Crippen LogP contribution in [0.5, 0.6) is 5.75 Å². The van der Waals surface area contributed by atoms with Gasteiger partial charge in [-0.25, -0.2) is 5.43 Å². The van der Waals surface area contributed by atoms with Crippen LogP contribution in [0.1, 0.15) is 18.1 Å². The third-order valence-electron chi connectivity index (χ3n) is 4.92. The summed E-state index contributed by atoms with van der Waals surface area (Å²) in [6, 6.07) is 18.1. The van der Waals surface area contributed by atoms with Crippen molar-refractivity contribution >= 4 is 11.6 Å². The molecule has 1 heterocycles. The van der Waals surface area contributed by atoms with Gasteiger partial charge in [0.15, 0.2) is 0 Å². The molecule has 6 nitrogen and oxygen atoms in total. The van der Waals surface area contributed by atoms with Gasteiger partial charge in [-0.05, 0) is 24.6 Å². The summed E-state index contributed by atoms with van der Waals surface area (Å²) < 4.78 is 5.22. The van der Waals surface area contributed by atoms with Crippen molar-refractivity contribution in [2.75, 3.05) is 39.8 Å². The van der Waals surface area contributed by atoms with E-state index < -0.39 is 0 Å². The Kier molecular flexibility index (Phi) is 7.17. The van der Waals surface area contributed by atoms with Gasteiger partial charge in [-0.15, -0.1) is 0 Å². The van der Waals surface area contributed by atoms with Crippen LogP contribution in [0.25, 0.3) is 0 Å². The Hall–Kier alpha value is -2.70. The van der Waals surface area contributed by atoms with Gasteiger partial charge in [0.2, 0.25) is 0 Å². The highest BCUT2D eigenvalue weighted by atomic mass is 16.5. The molecule has 148 valence electrons. The molecule has 28 heavy (non-hydrogen) atoms. The van der Waals surface area contributed by atoms with Gasteiger partial charge in [0.25, 0.3) is 5.91 Å². The van der Waals surface area contributed by atoms with Crippen LogP contribution in [0, 0.1) is 0 Å². The molecule has 1 aliphatic heterocycles. The van der Waals surface area contributed by atoms with Gasteiger partial charge in [0, 0.05) is 38.3 Å². The standard InChI is InChI=1S/C22H28N4O2/c1-18(20-9-6-10-21(15-20)28-2)23-24-22(27)17-26-13-11-25(12-14-26)16-19-7-4-3-5-8-19/h3-10,15H,11-14,16-17H2,1-2H3,(H,24,27)/b23-18-. The number of piperazine rings is 1. The Bertz CT molecular complexity index is 799. The van der Waals surface area contributed by atoms with Crippen molar-refractivity contribution in [2.24, 2.45) is 5.10 Å². The number of nitrogens with zero attached hydrogens (tertiary/aromatic N) is 3. The van der Waals surface area contributed by atoms with Gasteiger partial charge in [0.05, 0.1) is 19.4 Å². The van der Waals surface area contributed by atoms with Crippen LogP contribution in [0.3, 0.4) is 0 Å². The lowest BCUT2D eigenvalue weighted by molar-refractivity contribution is -0.122. The molecule has 2 aromatic rings. The van der Waals surface area contributed by atoms with Crippen molar-refractivity contribution in [3.8, 4) is 5.75 Å². The number of methoxy groups -OCH3 is 1. The Morgan fingerprint density at radius 1 is 1.04 bits per heavy atom. The molecule has 0 unspecified atom stereocenters. The zero-order valence-electron chi connectivity index (χ0n) is 16.6. The molecule has 2 aromatic carbocycles. The van der Waals surface area contributed by atoms with E-state index in [1.54, 1.807) is 7.11 Å². The average molecular weight is 380 g/mol. The summed E-state index contributed by atoms with van der Waals surface area (Å²) in [5.41, 5.74) is 5.67. The number of amides is 1. The van der Waals surface area contributed by atoms with Crippen LogP contribution in [-0.2, 0) is 11.3 Å². The molecule has 1 N–H and O–H groups in total. The van der Waals surface area contributed by atoms with Crippen molar-refractivity contribution in [1.82, 2.24) is 15.2 Å². The average Bonchev–Trinajstić information content (AvgIpc) is 2.74. The summed E-state index contributed by atoms with van der Waals surface area (Å²) in [6.45, 7) is 6.91. The topological polar surface area (TPSA) is 57.2 Å². The van der Waals surface area contributed by atoms with Crippen molar-refractivity contribution in [2.45, 2.75) is 13.5 Å². The van der Waals surface area contributed by atoms with Crippen LogP contribution in [-0.4, -0.2) is 61.3 Å². The van der Waals surface area contributed by atoms with Crippen molar-refractivity contribution < 1.29 is 9.53 Å². The van der Waals surface area contributed by atoms with E-state index in [1.165, 1.54) is 5.56 Å². The van der Waals surface area contributed by atoms with Crippen LogP contribution in [0.15, 0.2) is 59.7 Å². The minimum atomic E-state index is -0.0845. The van der Waals surface area contributed by atoms with E-state index in [9.17, 15) is 4.79 Å². The molecule has 3 rings (SSSR count). The Balaban J connectivity index is 1.43. The van der Waals surface area contributed by atoms with Crippen LogP contribution < -0.4 is 10.2 Å². The summed E-state index contributed by atoms with van der Waals surface area (Å²) in [4.78, 5) is 16.8. The summed E-state index contributed by atoms with van der Waals surface area (Å²) in [7, 11) is 1.63. The molecule has 0 atom stereocenters. The highest BCUT2D eigenvalue weighted by Crippen LogP contribution is 2.13. The van der Waals surface area contributed by atoms with Crippen molar-refractivity contribution in [1.29, 1.82) is 0 Å². The predicted octanol–water partition coefficient (Wildman–Crippen LogP) is 2.35. The maximum Gasteiger partial charge on any atom is 0.254 e. The lowest BCUT2D eigenvalue weighted by Gasteiger charge is -2.34. The quantitative estimate of drug-likeness (QED) is 0.592. The first-order valence-electron chi connectivity index (χ1n) is 9.60. The minimum absolute atomic E-state index is 0.0845. The molecule has 0 radical (unpaired) electrons. The van der Waals surface area contributed by atoms with Gasteiger partial charge in [0.1, 0.15) is 5.75 Å². The highest BCUT2D eigenvalue weighted by Gasteiger charge is 2.18. The molecule has 1 fully saturated rings. The largest absolute Gasteiger partial charge is 0.497 e. The first-order valence-corrected chi connectivity index (χ1v) is 9.60. The molecular formula is C22H28N4O2. The maximum absolute atomic E-state index is 12.2. The molecule has 0 saturated carbocycles. The second-order valence-electron chi connectivity index (χ2n) is 7.00. The summed E-state index contributed by atoms with van der Waals surface area (Å²) >= 11 is 0. The van der Waals surface area contributed by atoms with Crippen LogP contribution in [0.4, 0.5) is 0 Å². The normalized spacial score (nSPS) is 16.0. The number of carbonyl (C=O) groups excluding carboxylic acids is 1. The van der Waals surface area contributed by atoms with Crippen LogP contribution >= 0.6 is 0 Å². The second-order valence-corrected chi connectivity index (χ2v) is 7.00. The zero-order chi connectivity index (χ0) is 19.8. The number of carbonyl (C=O) groups is 1. The maximum atomic E-state index is 12.2. The zero-order valence-corrected chi connectivity index (χ0v) is 16.6. The van der Waals surface area contributed by atoms with Gasteiger partial charge in [-0.1, -0.05) is 42.5 Å². The van der Waals surface area contributed by atoms with Gasteiger partial charge < -0.3 is 4.74 Å². The first kappa shape index (κ1) is 20.0. The summed E-state index contributed by atoms with van der Waals surface area (Å²) in [5, 5.41) is 4.23. The first-order chi connectivity index (χ1) is 13.6. The Labute approximate surface area is 166 Å². The molecule has 1 aliphatic rings. The smallest absolute Gasteiger partial charge is 0.254 e. The second kappa shape index (κ2) is 10.0. The summed E-state index contributed by atoms with van der Waals surface area (Å²) in [6.07, 6.45) is 0. The lowest BCUT2D eigenvalue weighted by Crippen LogP contribution is -2.48. The molecule has 0 aliphatic carbocycles. The third-order valence-corrected chi connectivity index (χ3v) is 4.92. The predicted molar refractivity (Wildman–Crippen MR) is 112 cm³/mol. The lowest BCUT2D eigenvalue weighted by atomic mass is 10.1. The van der Waals surface area contributed by atoms with E-state index >= 15 is 0 Å². The molecule has 1 amide bonds. The van der Waals surface area contributed by atoms with Crippen molar-refractivity contribution in [3.63, 3.8) is 0 Å². The highest BCUT2D eigenvalue weighted by molar-refractivity contribution is 5.99. The van der Waals surface area contributed by atoms with Gasteiger partial charge in [-0.2, -0.15) is 5.10 Å². The number of hydrogen-bond donors (Lipinski definition) is 1. The van der Waals surface area contributed by atoms with Gasteiger partial charge >= 0.3 is 0 Å². The van der Waals surface area contributed by atoms with Crippen molar-refractivity contribution in [3.05, 3.63) is 65.7 Å². The molecule has 0 spiro atoms. The molecule has 0 aromatic heterocycles. The number of benzene rings is 2. The number of hydrogen-bond acceptors (Lipinski definition) is 5. The molecule has 1 saturated heterocycles. The number of ether oxygens (including phenoxy) is 1. The van der Waals surface area contributed by atoms with E-state index in [2.05, 4.69) is 44.6 Å². The summed E-state index contributed by atoms with van der Waals surface area (Å²) in [5.74, 6) is 0.686. The fraction of sp³-hybridized carbons (Fsp3) is 0.364. The SMILES string of the molecule is COc1cccc(/C(C)=N\NC(=O)CN2CCN(Cc3ccccc3)CC2)c1. The Morgan fingerprint density at radius 3 is 2.46 bits per heavy atom. The van der Waals surface area contributed by atoms with Gasteiger partial charge in [-0.3, -0.25) is 14.6 Å². The molecule has 6 heteroatoms. The molecule has 0 bridgehead atoms. The van der Waals surface area contributed by atoms with E-state index in [0.717, 1.165) is 49.7 Å². The number of nitrogens with one attached hydrogen (secondary N) is 1. The number of rotatable bonds is 7. The van der Waals surface area contributed by atoms with E-state index in [-0.39, 0.29) is 5.91 Å². The fourth-order valence-electron chi connectivity index (χ4n) is 3.24. The van der Waals surface area contributed by atoms with E-state index in [4.69, 9.17) is 4.74 Å². The van der Waals surface area contributed by atoms with E-state index in [0.29, 0.717) is 6.54 Å². The van der Waals surface area contributed by atoms with Crippen LogP contribution in [0.2, 0.25) is 0 Å². The van der Waals surface area contributed by atoms with E-state index in [1.807, 2.05) is 37.3 Å². The minimum Gasteiger partial charge on any atom is -0.497 e. The Morgan fingerprint density at radius 2 is 1.75 bits per heavy atom. The third kappa shape index (κ3) is 5.90. The molecular weight excluding hydrogens is 352 g/mol. The fourth-order valence-corrected chi connectivity index (χ4v) is 3.24. The monoisotopic (exact) mass is 380 g/mol.